The van der Waals surface area contributed by atoms with E-state index in [1.54, 1.807) is 24.3 Å². The van der Waals surface area contributed by atoms with E-state index in [2.05, 4.69) is 16.2 Å². The lowest BCUT2D eigenvalue weighted by molar-refractivity contribution is -0.131. The van der Waals surface area contributed by atoms with Crippen LogP contribution in [-0.4, -0.2) is 24.3 Å². The second-order valence-electron chi connectivity index (χ2n) is 4.24. The Bertz CT molecular complexity index is 511. The maximum absolute atomic E-state index is 11.8. The van der Waals surface area contributed by atoms with E-state index in [4.69, 9.17) is 4.74 Å². The molecule has 106 valence electrons. The van der Waals surface area contributed by atoms with Gasteiger partial charge in [-0.25, -0.2) is 0 Å². The summed E-state index contributed by atoms with van der Waals surface area (Å²) in [4.78, 5) is 34.4. The van der Waals surface area contributed by atoms with Gasteiger partial charge in [-0.1, -0.05) is 0 Å². The van der Waals surface area contributed by atoms with Gasteiger partial charge in [0.1, 0.15) is 11.7 Å². The zero-order valence-corrected chi connectivity index (χ0v) is 10.9. The zero-order chi connectivity index (χ0) is 14.5. The molecule has 1 saturated heterocycles. The third-order valence-corrected chi connectivity index (χ3v) is 2.78. The summed E-state index contributed by atoms with van der Waals surface area (Å²) >= 11 is 0. The second kappa shape index (κ2) is 6.05. The van der Waals surface area contributed by atoms with Gasteiger partial charge in [0.15, 0.2) is 0 Å². The Kier molecular flexibility index (Phi) is 4.19. The smallest absolute Gasteiger partial charge is 0.251 e. The van der Waals surface area contributed by atoms with E-state index in [9.17, 15) is 14.4 Å². The number of rotatable bonds is 5. The van der Waals surface area contributed by atoms with Crippen LogP contribution in [0.4, 0.5) is 5.69 Å². The van der Waals surface area contributed by atoms with Crippen molar-refractivity contribution < 1.29 is 19.1 Å². The fourth-order valence-electron chi connectivity index (χ4n) is 1.80. The molecule has 1 aliphatic rings. The van der Waals surface area contributed by atoms with Crippen molar-refractivity contribution in [1.82, 2.24) is 10.9 Å². The van der Waals surface area contributed by atoms with Crippen LogP contribution in [-0.2, 0) is 14.4 Å². The molecule has 3 N–H and O–H groups in total. The van der Waals surface area contributed by atoms with Crippen LogP contribution < -0.4 is 20.9 Å². The van der Waals surface area contributed by atoms with Crippen molar-refractivity contribution in [2.45, 2.75) is 13.3 Å². The van der Waals surface area contributed by atoms with Gasteiger partial charge >= 0.3 is 0 Å². The van der Waals surface area contributed by atoms with Gasteiger partial charge in [-0.2, -0.15) is 0 Å². The van der Waals surface area contributed by atoms with E-state index >= 15 is 0 Å². The molecule has 0 aromatic heterocycles. The fourth-order valence-corrected chi connectivity index (χ4v) is 1.80. The van der Waals surface area contributed by atoms with Crippen LogP contribution >= 0.6 is 0 Å². The van der Waals surface area contributed by atoms with Crippen LogP contribution in [0.5, 0.6) is 5.75 Å². The Morgan fingerprint density at radius 3 is 2.35 bits per heavy atom. The summed E-state index contributed by atoms with van der Waals surface area (Å²) in [6.45, 7) is 2.45. The molecule has 0 unspecified atom stereocenters. The van der Waals surface area contributed by atoms with Crippen molar-refractivity contribution in [2.75, 3.05) is 11.9 Å². The molecule has 0 aliphatic carbocycles. The summed E-state index contributed by atoms with van der Waals surface area (Å²) in [5.41, 5.74) is 4.93. The third-order valence-electron chi connectivity index (χ3n) is 2.78. The third kappa shape index (κ3) is 3.25. The average Bonchev–Trinajstić information content (AvgIpc) is 2.73. The van der Waals surface area contributed by atoms with Crippen molar-refractivity contribution >= 4 is 23.4 Å². The molecular formula is C13H15N3O4. The van der Waals surface area contributed by atoms with Crippen molar-refractivity contribution in [3.8, 4) is 5.75 Å². The van der Waals surface area contributed by atoms with E-state index in [-0.39, 0.29) is 6.42 Å². The summed E-state index contributed by atoms with van der Waals surface area (Å²) in [5, 5.41) is 2.62. The van der Waals surface area contributed by atoms with Crippen LogP contribution in [0.15, 0.2) is 24.3 Å². The number of carbonyl (C=O) groups is 3. The lowest BCUT2D eigenvalue weighted by atomic mass is 10.1. The SMILES string of the molecule is CCOc1ccc(NC(=O)CC2C(=O)NNC2=O)cc1. The first-order chi connectivity index (χ1) is 9.60. The number of hydrogen-bond acceptors (Lipinski definition) is 4. The lowest BCUT2D eigenvalue weighted by Crippen LogP contribution is -2.28. The molecule has 1 aromatic rings. The quantitative estimate of drug-likeness (QED) is 0.669. The van der Waals surface area contributed by atoms with E-state index in [1.165, 1.54) is 0 Å². The number of hydrazine groups is 1. The van der Waals surface area contributed by atoms with E-state index < -0.39 is 23.6 Å². The minimum Gasteiger partial charge on any atom is -0.494 e. The molecule has 0 atom stereocenters. The topological polar surface area (TPSA) is 96.5 Å². The highest BCUT2D eigenvalue weighted by atomic mass is 16.5. The zero-order valence-electron chi connectivity index (χ0n) is 10.9. The Balaban J connectivity index is 1.91. The monoisotopic (exact) mass is 277 g/mol. The number of benzene rings is 1. The predicted molar refractivity (Wildman–Crippen MR) is 70.6 cm³/mol. The highest BCUT2D eigenvalue weighted by Crippen LogP contribution is 2.16. The van der Waals surface area contributed by atoms with Gasteiger partial charge in [0, 0.05) is 12.1 Å². The van der Waals surface area contributed by atoms with Gasteiger partial charge in [-0.15, -0.1) is 0 Å². The van der Waals surface area contributed by atoms with Gasteiger partial charge < -0.3 is 10.1 Å². The van der Waals surface area contributed by atoms with Gasteiger partial charge in [-0.05, 0) is 31.2 Å². The highest BCUT2D eigenvalue weighted by molar-refractivity contribution is 6.08. The molecule has 0 bridgehead atoms. The summed E-state index contributed by atoms with van der Waals surface area (Å²) in [5.74, 6) is -1.64. The Hall–Kier alpha value is -2.57. The number of amides is 3. The van der Waals surface area contributed by atoms with Gasteiger partial charge in [0.2, 0.25) is 5.91 Å². The molecule has 1 fully saturated rings. The van der Waals surface area contributed by atoms with Gasteiger partial charge in [-0.3, -0.25) is 25.2 Å². The highest BCUT2D eigenvalue weighted by Gasteiger charge is 2.34. The van der Waals surface area contributed by atoms with Crippen molar-refractivity contribution in [2.24, 2.45) is 5.92 Å². The normalized spacial score (nSPS) is 14.7. The number of carbonyl (C=O) groups excluding carboxylic acids is 3. The lowest BCUT2D eigenvalue weighted by Gasteiger charge is -2.08. The van der Waals surface area contributed by atoms with Gasteiger partial charge in [0.25, 0.3) is 11.8 Å². The number of ether oxygens (including phenoxy) is 1. The molecule has 3 amide bonds. The van der Waals surface area contributed by atoms with Crippen LogP contribution in [0.2, 0.25) is 0 Å². The summed E-state index contributed by atoms with van der Waals surface area (Å²) in [6, 6.07) is 6.84. The van der Waals surface area contributed by atoms with E-state index in [1.807, 2.05) is 6.92 Å². The maximum Gasteiger partial charge on any atom is 0.251 e. The first-order valence-electron chi connectivity index (χ1n) is 6.22. The summed E-state index contributed by atoms with van der Waals surface area (Å²) in [7, 11) is 0. The summed E-state index contributed by atoms with van der Waals surface area (Å²) < 4.78 is 5.28. The molecule has 1 aromatic carbocycles. The predicted octanol–water partition coefficient (Wildman–Crippen LogP) is 0.191. The van der Waals surface area contributed by atoms with Crippen molar-refractivity contribution in [3.05, 3.63) is 24.3 Å². The molecule has 2 rings (SSSR count). The average molecular weight is 277 g/mol. The Labute approximate surface area is 115 Å². The van der Waals surface area contributed by atoms with Crippen molar-refractivity contribution in [3.63, 3.8) is 0 Å². The molecule has 0 saturated carbocycles. The van der Waals surface area contributed by atoms with Crippen LogP contribution in [0.25, 0.3) is 0 Å². The first kappa shape index (κ1) is 13.9. The minimum absolute atomic E-state index is 0.190. The van der Waals surface area contributed by atoms with Crippen LogP contribution in [0.1, 0.15) is 13.3 Å². The minimum atomic E-state index is -0.974. The van der Waals surface area contributed by atoms with E-state index in [0.717, 1.165) is 0 Å². The number of hydrogen-bond donors (Lipinski definition) is 3. The number of nitrogens with one attached hydrogen (secondary N) is 3. The van der Waals surface area contributed by atoms with Crippen molar-refractivity contribution in [1.29, 1.82) is 0 Å². The maximum atomic E-state index is 11.8. The fraction of sp³-hybridized carbons (Fsp3) is 0.308. The largest absolute Gasteiger partial charge is 0.494 e. The summed E-state index contributed by atoms with van der Waals surface area (Å²) in [6.07, 6.45) is -0.190. The number of anilines is 1. The molecule has 7 nitrogen and oxygen atoms in total. The first-order valence-corrected chi connectivity index (χ1v) is 6.22. The molecule has 7 heteroatoms. The van der Waals surface area contributed by atoms with Crippen LogP contribution in [0.3, 0.4) is 0 Å². The molecule has 0 radical (unpaired) electrons. The molecule has 0 spiro atoms. The Morgan fingerprint density at radius 2 is 1.80 bits per heavy atom. The van der Waals surface area contributed by atoms with E-state index in [0.29, 0.717) is 18.0 Å². The molecule has 1 heterocycles. The van der Waals surface area contributed by atoms with Crippen LogP contribution in [0, 0.1) is 5.92 Å². The second-order valence-corrected chi connectivity index (χ2v) is 4.24. The molecule has 1 aliphatic heterocycles. The molecule has 20 heavy (non-hydrogen) atoms. The van der Waals surface area contributed by atoms with Gasteiger partial charge in [0.05, 0.1) is 6.61 Å². The Morgan fingerprint density at radius 1 is 1.20 bits per heavy atom. The standard InChI is InChI=1S/C13H15N3O4/c1-2-20-9-5-3-8(4-6-9)14-11(17)7-10-12(18)15-16-13(10)19/h3-6,10H,2,7H2,1H3,(H,14,17)(H,15,18)(H,16,19). The molecular weight excluding hydrogens is 262 g/mol.